The smallest absolute Gasteiger partial charge is 0.128 e. The third-order valence-corrected chi connectivity index (χ3v) is 7.22. The number of hydroxylamine groups is 4. The van der Waals surface area contributed by atoms with E-state index in [1.165, 1.54) is 23.9 Å². The molecule has 0 spiro atoms. The first kappa shape index (κ1) is 21.1. The lowest BCUT2D eigenvalue weighted by molar-refractivity contribution is -0.885. The first-order chi connectivity index (χ1) is 13.0. The van der Waals surface area contributed by atoms with Gasteiger partial charge in [0.25, 0.3) is 0 Å². The van der Waals surface area contributed by atoms with E-state index < -0.39 is 26.3 Å². The number of aryl methyl sites for hydroxylation is 1. The molecule has 1 aliphatic rings. The average Bonchev–Trinajstić information content (AvgIpc) is 2.61. The summed E-state index contributed by atoms with van der Waals surface area (Å²) in [6.07, 6.45) is 0.876. The SMILES string of the molecule is CCc1cccc(Oc2ccc(F)c([C@]3(C)C[N+]([O-])([O-])C(C)(C)C(N)S3)c2)c1. The van der Waals surface area contributed by atoms with Crippen LogP contribution in [0.15, 0.2) is 42.5 Å². The standard InChI is InChI=1S/C21H26FN2O3S/c1-5-14-7-6-8-15(11-14)27-16-9-10-18(22)17(12-16)21(4)13-24(25,26)20(2,3)19(23)28-21/h6-12,19H,5,13,23H2,1-4H3/q-1/t19?,21-/m0/s1. The zero-order chi connectivity index (χ0) is 20.7. The van der Waals surface area contributed by atoms with Crippen LogP contribution in [0.2, 0.25) is 0 Å². The Morgan fingerprint density at radius 2 is 1.86 bits per heavy atom. The number of hydrogen-bond acceptors (Lipinski definition) is 5. The zero-order valence-corrected chi connectivity index (χ0v) is 17.4. The molecule has 0 saturated carbocycles. The number of halogens is 1. The van der Waals surface area contributed by atoms with E-state index in [-0.39, 0.29) is 12.1 Å². The molecular weight excluding hydrogens is 379 g/mol. The lowest BCUT2D eigenvalue weighted by atomic mass is 9.95. The second-order valence-electron chi connectivity index (χ2n) is 8.00. The first-order valence-electron chi connectivity index (χ1n) is 9.29. The van der Waals surface area contributed by atoms with Gasteiger partial charge in [-0.2, -0.15) is 0 Å². The van der Waals surface area contributed by atoms with Crippen molar-refractivity contribution in [3.63, 3.8) is 0 Å². The van der Waals surface area contributed by atoms with Gasteiger partial charge in [-0.15, -0.1) is 11.8 Å². The van der Waals surface area contributed by atoms with Crippen LogP contribution in [0.4, 0.5) is 4.39 Å². The van der Waals surface area contributed by atoms with Crippen molar-refractivity contribution >= 4 is 11.8 Å². The summed E-state index contributed by atoms with van der Waals surface area (Å²) in [6.45, 7) is 6.53. The van der Waals surface area contributed by atoms with E-state index >= 15 is 0 Å². The normalized spacial score (nSPS) is 26.1. The maximum Gasteiger partial charge on any atom is 0.128 e. The summed E-state index contributed by atoms with van der Waals surface area (Å²) in [5, 5.41) is 24.6. The van der Waals surface area contributed by atoms with Crippen molar-refractivity contribution < 1.29 is 13.9 Å². The molecule has 1 saturated heterocycles. The molecule has 2 aromatic rings. The number of rotatable bonds is 4. The number of ether oxygens (including phenoxy) is 1. The Labute approximate surface area is 169 Å². The summed E-state index contributed by atoms with van der Waals surface area (Å²) in [5.41, 5.74) is 6.30. The molecule has 0 radical (unpaired) electrons. The first-order valence-corrected chi connectivity index (χ1v) is 10.2. The Balaban J connectivity index is 1.95. The third-order valence-electron chi connectivity index (χ3n) is 5.52. The molecule has 2 aromatic carbocycles. The van der Waals surface area contributed by atoms with Gasteiger partial charge in [0, 0.05) is 5.56 Å². The average molecular weight is 406 g/mol. The van der Waals surface area contributed by atoms with E-state index in [1.54, 1.807) is 26.8 Å². The fraction of sp³-hybridized carbons (Fsp3) is 0.429. The van der Waals surface area contributed by atoms with E-state index in [4.69, 9.17) is 10.5 Å². The lowest BCUT2D eigenvalue weighted by Gasteiger charge is -2.65. The van der Waals surface area contributed by atoms with Crippen LogP contribution < -0.4 is 10.5 Å². The van der Waals surface area contributed by atoms with Gasteiger partial charge in [-0.1, -0.05) is 19.1 Å². The summed E-state index contributed by atoms with van der Waals surface area (Å²) in [5.74, 6) is 0.602. The Hall–Kier alpha value is -1.64. The number of hydrogen-bond donors (Lipinski definition) is 1. The highest BCUT2D eigenvalue weighted by atomic mass is 32.2. The van der Waals surface area contributed by atoms with Crippen molar-refractivity contribution in [2.75, 3.05) is 6.54 Å². The molecule has 2 atom stereocenters. The predicted molar refractivity (Wildman–Crippen MR) is 111 cm³/mol. The van der Waals surface area contributed by atoms with Gasteiger partial charge in [-0.3, -0.25) is 0 Å². The van der Waals surface area contributed by atoms with Gasteiger partial charge < -0.3 is 25.7 Å². The molecule has 0 bridgehead atoms. The molecule has 0 aliphatic carbocycles. The van der Waals surface area contributed by atoms with Crippen molar-refractivity contribution in [3.8, 4) is 11.5 Å². The number of thioether (sulfide) groups is 1. The van der Waals surface area contributed by atoms with Crippen LogP contribution in [-0.4, -0.2) is 22.3 Å². The number of nitrogens with two attached hydrogens (primary N) is 1. The summed E-state index contributed by atoms with van der Waals surface area (Å²) in [7, 11) is 0. The van der Waals surface area contributed by atoms with Gasteiger partial charge in [0.15, 0.2) is 0 Å². The van der Waals surface area contributed by atoms with Crippen LogP contribution in [0.1, 0.15) is 38.8 Å². The molecule has 0 aromatic heterocycles. The molecular formula is C21H26FN2O3S-. The second kappa shape index (κ2) is 7.31. The molecule has 5 nitrogen and oxygen atoms in total. The van der Waals surface area contributed by atoms with E-state index in [0.29, 0.717) is 11.5 Å². The highest BCUT2D eigenvalue weighted by Crippen LogP contribution is 2.51. The third kappa shape index (κ3) is 3.77. The van der Waals surface area contributed by atoms with Crippen LogP contribution in [0.3, 0.4) is 0 Å². The van der Waals surface area contributed by atoms with E-state index in [2.05, 4.69) is 6.92 Å². The van der Waals surface area contributed by atoms with Crippen molar-refractivity contribution in [1.29, 1.82) is 0 Å². The summed E-state index contributed by atoms with van der Waals surface area (Å²) < 4.78 is 19.5. The molecule has 2 N–H and O–H groups in total. The molecule has 152 valence electrons. The molecule has 3 rings (SSSR count). The maximum absolute atomic E-state index is 14.7. The minimum Gasteiger partial charge on any atom is -0.631 e. The van der Waals surface area contributed by atoms with Gasteiger partial charge >= 0.3 is 0 Å². The highest BCUT2D eigenvalue weighted by Gasteiger charge is 2.51. The van der Waals surface area contributed by atoms with E-state index in [1.807, 2.05) is 24.3 Å². The number of nitrogens with zero attached hydrogens (tertiary/aromatic N) is 1. The molecule has 28 heavy (non-hydrogen) atoms. The quantitative estimate of drug-likeness (QED) is 0.571. The minimum absolute atomic E-state index is 0.252. The Bertz CT molecular complexity index is 874. The fourth-order valence-corrected chi connectivity index (χ4v) is 4.88. The molecule has 1 heterocycles. The van der Waals surface area contributed by atoms with Crippen molar-refractivity contribution in [2.45, 2.75) is 49.8 Å². The minimum atomic E-state index is -1.78. The van der Waals surface area contributed by atoms with Crippen LogP contribution in [0, 0.1) is 16.2 Å². The van der Waals surface area contributed by atoms with Crippen LogP contribution in [0.5, 0.6) is 11.5 Å². The Kier molecular flexibility index (Phi) is 5.51. The molecule has 1 fully saturated rings. The Morgan fingerprint density at radius 3 is 2.50 bits per heavy atom. The lowest BCUT2D eigenvalue weighted by Crippen LogP contribution is -2.68. The molecule has 7 heteroatoms. The van der Waals surface area contributed by atoms with Crippen molar-refractivity contribution in [2.24, 2.45) is 5.73 Å². The molecule has 1 unspecified atom stereocenters. The molecule has 1 aliphatic heterocycles. The van der Waals surface area contributed by atoms with Gasteiger partial charge in [0.2, 0.25) is 0 Å². The summed E-state index contributed by atoms with van der Waals surface area (Å²) in [6, 6.07) is 12.1. The summed E-state index contributed by atoms with van der Waals surface area (Å²) in [4.78, 5) is -1.78. The predicted octanol–water partition coefficient (Wildman–Crippen LogP) is 5.02. The summed E-state index contributed by atoms with van der Waals surface area (Å²) >= 11 is 1.25. The van der Waals surface area contributed by atoms with Crippen molar-refractivity contribution in [3.05, 3.63) is 69.8 Å². The van der Waals surface area contributed by atoms with Gasteiger partial charge in [0.1, 0.15) is 28.2 Å². The largest absolute Gasteiger partial charge is 0.631 e. The topological polar surface area (TPSA) is 81.4 Å². The van der Waals surface area contributed by atoms with Crippen LogP contribution in [0.25, 0.3) is 0 Å². The van der Waals surface area contributed by atoms with Gasteiger partial charge in [-0.25, -0.2) is 4.39 Å². The van der Waals surface area contributed by atoms with Crippen LogP contribution in [-0.2, 0) is 11.2 Å². The van der Waals surface area contributed by atoms with Gasteiger partial charge in [0.05, 0.1) is 11.3 Å². The second-order valence-corrected chi connectivity index (χ2v) is 9.64. The maximum atomic E-state index is 14.7. The number of quaternary nitrogens is 1. The fourth-order valence-electron chi connectivity index (χ4n) is 3.34. The Morgan fingerprint density at radius 1 is 1.18 bits per heavy atom. The monoisotopic (exact) mass is 405 g/mol. The van der Waals surface area contributed by atoms with E-state index in [9.17, 15) is 14.8 Å². The highest BCUT2D eigenvalue weighted by molar-refractivity contribution is 8.00. The zero-order valence-electron chi connectivity index (χ0n) is 16.6. The number of benzene rings is 2. The van der Waals surface area contributed by atoms with E-state index in [0.717, 1.165) is 12.0 Å². The van der Waals surface area contributed by atoms with Crippen molar-refractivity contribution in [1.82, 2.24) is 0 Å². The molecule has 0 amide bonds. The van der Waals surface area contributed by atoms with Crippen LogP contribution >= 0.6 is 11.8 Å². The van der Waals surface area contributed by atoms with Gasteiger partial charge in [-0.05, 0) is 63.1 Å².